The Bertz CT molecular complexity index is 815. The van der Waals surface area contributed by atoms with Gasteiger partial charge in [0.15, 0.2) is 5.76 Å². The Morgan fingerprint density at radius 1 is 1.21 bits per heavy atom. The number of aryl methyl sites for hydroxylation is 1. The molecule has 1 heterocycles. The lowest BCUT2D eigenvalue weighted by Crippen LogP contribution is -2.15. The fourth-order valence-corrected chi connectivity index (χ4v) is 2.50. The maximum Gasteiger partial charge on any atom is 0.274 e. The number of nitrogens with zero attached hydrogens (tertiary/aromatic N) is 3. The first-order chi connectivity index (χ1) is 13.4. The molecule has 0 fully saturated rings. The zero-order valence-corrected chi connectivity index (χ0v) is 17.0. The lowest BCUT2D eigenvalue weighted by molar-refractivity contribution is -0.385. The first kappa shape index (κ1) is 23.3. The van der Waals surface area contributed by atoms with Crippen molar-refractivity contribution in [2.24, 2.45) is 0 Å². The number of hydrogen-bond donors (Lipinski definition) is 3. The van der Waals surface area contributed by atoms with Gasteiger partial charge in [-0.15, -0.1) is 0 Å². The number of unbranched alkanes of at least 4 members (excludes halogenated alkanes) is 2. The summed E-state index contributed by atoms with van der Waals surface area (Å²) in [5.41, 5.74) is 2.01. The van der Waals surface area contributed by atoms with E-state index in [1.807, 2.05) is 0 Å². The summed E-state index contributed by atoms with van der Waals surface area (Å²) in [6, 6.07) is 1.34. The standard InChI is InChI=1S/C12H11N3O4.C8H19N/c1-6-7(2)12-8(3-10(6)15(18)19)13-4-9(14-12)11(17)5-16;1-3-5-7-9-8-6-4-2/h3-5,16-17H,1-2H3;9H,3-8H2,1-2H3. The molecule has 2 aromatic rings. The molecule has 3 N–H and O–H groups in total. The predicted molar refractivity (Wildman–Crippen MR) is 112 cm³/mol. The summed E-state index contributed by atoms with van der Waals surface area (Å²) in [4.78, 5) is 18.6. The summed E-state index contributed by atoms with van der Waals surface area (Å²) in [6.45, 7) is 10.2. The quantitative estimate of drug-likeness (QED) is 0.257. The third-order valence-electron chi connectivity index (χ3n) is 4.37. The first-order valence-electron chi connectivity index (χ1n) is 9.53. The number of nitro groups is 1. The van der Waals surface area contributed by atoms with Crippen LogP contribution in [0.4, 0.5) is 5.69 Å². The van der Waals surface area contributed by atoms with Crippen molar-refractivity contribution in [2.75, 3.05) is 13.1 Å². The van der Waals surface area contributed by atoms with Gasteiger partial charge in [-0.3, -0.25) is 15.1 Å². The Balaban J connectivity index is 0.000000370. The lowest BCUT2D eigenvalue weighted by Gasteiger charge is -2.07. The van der Waals surface area contributed by atoms with Gasteiger partial charge in [0.1, 0.15) is 12.0 Å². The molecular formula is C20H30N4O4. The van der Waals surface area contributed by atoms with Crippen LogP contribution in [0.15, 0.2) is 18.5 Å². The summed E-state index contributed by atoms with van der Waals surface area (Å²) in [5.74, 6) is -0.412. The number of aliphatic hydroxyl groups excluding tert-OH is 2. The number of nitro benzene ring substituents is 1. The van der Waals surface area contributed by atoms with E-state index >= 15 is 0 Å². The minimum absolute atomic E-state index is 0.0195. The van der Waals surface area contributed by atoms with Gasteiger partial charge >= 0.3 is 0 Å². The van der Waals surface area contributed by atoms with Gasteiger partial charge in [0, 0.05) is 11.6 Å². The monoisotopic (exact) mass is 390 g/mol. The van der Waals surface area contributed by atoms with Crippen LogP contribution in [0.1, 0.15) is 56.4 Å². The van der Waals surface area contributed by atoms with Gasteiger partial charge in [-0.25, -0.2) is 4.98 Å². The molecule has 0 saturated carbocycles. The van der Waals surface area contributed by atoms with E-state index in [0.717, 1.165) is 0 Å². The van der Waals surface area contributed by atoms with Gasteiger partial charge in [0.05, 0.1) is 22.2 Å². The summed E-state index contributed by atoms with van der Waals surface area (Å²) in [7, 11) is 0. The normalized spacial score (nSPS) is 11.2. The molecule has 0 aliphatic heterocycles. The van der Waals surface area contributed by atoms with Crippen molar-refractivity contribution in [3.63, 3.8) is 0 Å². The third-order valence-corrected chi connectivity index (χ3v) is 4.37. The summed E-state index contributed by atoms with van der Waals surface area (Å²) >= 11 is 0. The topological polar surface area (TPSA) is 121 Å². The molecule has 2 rings (SSSR count). The summed E-state index contributed by atoms with van der Waals surface area (Å²) in [5, 5.41) is 32.4. The van der Waals surface area contributed by atoms with Crippen molar-refractivity contribution in [1.29, 1.82) is 0 Å². The number of hydrogen-bond acceptors (Lipinski definition) is 7. The van der Waals surface area contributed by atoms with Gasteiger partial charge in [0.25, 0.3) is 5.69 Å². The van der Waals surface area contributed by atoms with Crippen molar-refractivity contribution < 1.29 is 15.1 Å². The third kappa shape index (κ3) is 6.45. The van der Waals surface area contributed by atoms with Crippen LogP contribution < -0.4 is 5.32 Å². The van der Waals surface area contributed by atoms with Gasteiger partial charge in [0.2, 0.25) is 0 Å². The lowest BCUT2D eigenvalue weighted by atomic mass is 10.1. The van der Waals surface area contributed by atoms with E-state index in [-0.39, 0.29) is 11.4 Å². The Morgan fingerprint density at radius 3 is 2.32 bits per heavy atom. The van der Waals surface area contributed by atoms with E-state index in [0.29, 0.717) is 28.4 Å². The van der Waals surface area contributed by atoms with Crippen molar-refractivity contribution in [1.82, 2.24) is 15.3 Å². The average molecular weight is 390 g/mol. The fourth-order valence-electron chi connectivity index (χ4n) is 2.50. The van der Waals surface area contributed by atoms with E-state index in [1.165, 1.54) is 51.0 Å². The Hall–Kier alpha value is -2.74. The number of benzene rings is 1. The van der Waals surface area contributed by atoms with E-state index in [4.69, 9.17) is 5.11 Å². The van der Waals surface area contributed by atoms with Crippen LogP contribution in [0.5, 0.6) is 0 Å². The second kappa shape index (κ2) is 11.9. The zero-order chi connectivity index (χ0) is 21.1. The van der Waals surface area contributed by atoms with Crippen LogP contribution in [-0.4, -0.2) is 38.2 Å². The molecule has 0 aliphatic carbocycles. The number of fused-ring (bicyclic) bond motifs is 1. The Labute approximate surface area is 165 Å². The molecule has 0 unspecified atom stereocenters. The van der Waals surface area contributed by atoms with E-state index < -0.39 is 10.7 Å². The van der Waals surface area contributed by atoms with E-state index in [1.54, 1.807) is 13.8 Å². The molecular weight excluding hydrogens is 360 g/mol. The van der Waals surface area contributed by atoms with E-state index in [9.17, 15) is 15.2 Å². The number of rotatable bonds is 8. The zero-order valence-electron chi connectivity index (χ0n) is 17.0. The van der Waals surface area contributed by atoms with Gasteiger partial charge < -0.3 is 15.5 Å². The highest BCUT2D eigenvalue weighted by molar-refractivity contribution is 5.83. The minimum Gasteiger partial charge on any atom is -0.512 e. The predicted octanol–water partition coefficient (Wildman–Crippen LogP) is 4.75. The van der Waals surface area contributed by atoms with Crippen molar-refractivity contribution in [3.05, 3.63) is 45.5 Å². The van der Waals surface area contributed by atoms with Crippen LogP contribution in [0.2, 0.25) is 0 Å². The molecule has 8 nitrogen and oxygen atoms in total. The SMILES string of the molecule is CCCCNCCCC.Cc1c([N+](=O)[O-])cc2ncc(C(O)=CO)nc2c1C. The largest absolute Gasteiger partial charge is 0.512 e. The smallest absolute Gasteiger partial charge is 0.274 e. The molecule has 0 radical (unpaired) electrons. The minimum atomic E-state index is -0.470. The highest BCUT2D eigenvalue weighted by Crippen LogP contribution is 2.28. The molecule has 0 amide bonds. The second-order valence-electron chi connectivity index (χ2n) is 6.50. The van der Waals surface area contributed by atoms with Gasteiger partial charge in [-0.2, -0.15) is 0 Å². The maximum atomic E-state index is 10.9. The average Bonchev–Trinajstić information content (AvgIpc) is 2.70. The van der Waals surface area contributed by atoms with Gasteiger partial charge in [-0.05, 0) is 45.3 Å². The maximum absolute atomic E-state index is 10.9. The highest BCUT2D eigenvalue weighted by atomic mass is 16.6. The second-order valence-corrected chi connectivity index (χ2v) is 6.50. The molecule has 0 spiro atoms. The van der Waals surface area contributed by atoms with Crippen LogP contribution in [0, 0.1) is 24.0 Å². The highest BCUT2D eigenvalue weighted by Gasteiger charge is 2.17. The summed E-state index contributed by atoms with van der Waals surface area (Å²) < 4.78 is 0. The fraction of sp³-hybridized carbons (Fsp3) is 0.500. The van der Waals surface area contributed by atoms with Gasteiger partial charge in [-0.1, -0.05) is 26.7 Å². The molecule has 0 saturated heterocycles. The molecule has 0 atom stereocenters. The van der Waals surface area contributed by atoms with Crippen molar-refractivity contribution in [2.45, 2.75) is 53.4 Å². The number of nitrogens with one attached hydrogen (secondary N) is 1. The Morgan fingerprint density at radius 2 is 1.82 bits per heavy atom. The molecule has 154 valence electrons. The number of aromatic nitrogens is 2. The van der Waals surface area contributed by atoms with Crippen molar-refractivity contribution >= 4 is 22.5 Å². The molecule has 8 heteroatoms. The van der Waals surface area contributed by atoms with Crippen LogP contribution in [0.25, 0.3) is 16.8 Å². The number of aliphatic hydroxyl groups is 2. The molecule has 0 aliphatic rings. The van der Waals surface area contributed by atoms with Crippen LogP contribution in [0.3, 0.4) is 0 Å². The van der Waals surface area contributed by atoms with E-state index in [2.05, 4.69) is 29.1 Å². The van der Waals surface area contributed by atoms with Crippen molar-refractivity contribution in [3.8, 4) is 0 Å². The first-order valence-corrected chi connectivity index (χ1v) is 9.53. The molecule has 1 aromatic carbocycles. The molecule has 1 aromatic heterocycles. The molecule has 28 heavy (non-hydrogen) atoms. The van der Waals surface area contributed by atoms with Crippen LogP contribution >= 0.6 is 0 Å². The summed E-state index contributed by atoms with van der Waals surface area (Å²) in [6.07, 6.45) is 7.01. The van der Waals surface area contributed by atoms with Crippen LogP contribution in [-0.2, 0) is 0 Å². The Kier molecular flexibility index (Phi) is 9.87. The molecule has 0 bridgehead atoms.